The fourth-order valence-electron chi connectivity index (χ4n) is 7.11. The summed E-state index contributed by atoms with van der Waals surface area (Å²) in [6, 6.07) is -1.47. The molecule has 4 N–H and O–H groups in total. The number of carboxylic acids is 1. The molecular formula is C49H94NO9P. The number of hydrogen-bond donors (Lipinski definition) is 3. The zero-order valence-corrected chi connectivity index (χ0v) is 39.7. The lowest BCUT2D eigenvalue weighted by atomic mass is 10.0. The van der Waals surface area contributed by atoms with E-state index in [4.69, 9.17) is 29.4 Å². The van der Waals surface area contributed by atoms with Crippen LogP contribution in [0.3, 0.4) is 0 Å². The van der Waals surface area contributed by atoms with Gasteiger partial charge in [-0.1, -0.05) is 212 Å². The van der Waals surface area contributed by atoms with Crippen molar-refractivity contribution >= 4 is 19.8 Å². The van der Waals surface area contributed by atoms with Crippen molar-refractivity contribution in [3.8, 4) is 0 Å². The molecule has 0 aliphatic carbocycles. The Balaban J connectivity index is 4.12. The highest BCUT2D eigenvalue weighted by Crippen LogP contribution is 2.43. The topological polar surface area (TPSA) is 155 Å². The largest absolute Gasteiger partial charge is 0.480 e. The smallest absolute Gasteiger partial charge is 0.472 e. The first kappa shape index (κ1) is 58.5. The summed E-state index contributed by atoms with van der Waals surface area (Å²) in [5.41, 5.74) is 5.37. The van der Waals surface area contributed by atoms with Gasteiger partial charge in [-0.15, -0.1) is 0 Å². The number of ether oxygens (including phenoxy) is 2. The normalized spacial score (nSPS) is 13.9. The SMILES string of the molecule is CCCCCC/C=C\C/C=C\CCCCCCCC(=O)OC(COCCCCCCCCCCCCCCCCCCCCCCCC)COP(=O)(O)OCC(N)C(=O)O. The molecule has 0 fully saturated rings. The summed E-state index contributed by atoms with van der Waals surface area (Å²) in [4.78, 5) is 33.6. The van der Waals surface area contributed by atoms with E-state index in [0.717, 1.165) is 57.8 Å². The number of rotatable bonds is 48. The van der Waals surface area contributed by atoms with Crippen LogP contribution in [-0.2, 0) is 32.7 Å². The Kier molecular flexibility index (Phi) is 44.3. The Morgan fingerprint density at radius 3 is 1.37 bits per heavy atom. The Labute approximate surface area is 368 Å². The minimum Gasteiger partial charge on any atom is -0.480 e. The number of phosphoric acid groups is 1. The van der Waals surface area contributed by atoms with E-state index < -0.39 is 45.1 Å². The first-order chi connectivity index (χ1) is 29.2. The molecule has 0 spiro atoms. The molecule has 0 aromatic carbocycles. The average molecular weight is 872 g/mol. The molecule has 0 rings (SSSR count). The van der Waals surface area contributed by atoms with E-state index >= 15 is 0 Å². The third-order valence-electron chi connectivity index (χ3n) is 11.0. The second-order valence-electron chi connectivity index (χ2n) is 17.0. The van der Waals surface area contributed by atoms with Crippen molar-refractivity contribution in [3.63, 3.8) is 0 Å². The lowest BCUT2D eigenvalue weighted by Crippen LogP contribution is -2.34. The van der Waals surface area contributed by atoms with Crippen LogP contribution in [0.2, 0.25) is 0 Å². The van der Waals surface area contributed by atoms with Gasteiger partial charge in [0.25, 0.3) is 0 Å². The van der Waals surface area contributed by atoms with Gasteiger partial charge >= 0.3 is 19.8 Å². The number of unbranched alkanes of at least 4 members (excludes halogenated alkanes) is 30. The van der Waals surface area contributed by atoms with Gasteiger partial charge in [-0.3, -0.25) is 18.6 Å². The molecule has 0 amide bonds. The highest BCUT2D eigenvalue weighted by molar-refractivity contribution is 7.47. The third-order valence-corrected chi connectivity index (χ3v) is 11.9. The molecule has 0 aromatic heterocycles. The highest BCUT2D eigenvalue weighted by atomic mass is 31.2. The summed E-state index contributed by atoms with van der Waals surface area (Å²) < 4.78 is 33.5. The fraction of sp³-hybridized carbons (Fsp3) is 0.878. The monoisotopic (exact) mass is 872 g/mol. The zero-order valence-electron chi connectivity index (χ0n) is 38.8. The van der Waals surface area contributed by atoms with E-state index in [9.17, 15) is 19.0 Å². The van der Waals surface area contributed by atoms with Gasteiger partial charge < -0.3 is 25.2 Å². The highest BCUT2D eigenvalue weighted by Gasteiger charge is 2.27. The standard InChI is InChI=1S/C49H94NO9P/c1-3-5-7-9-11-13-15-17-19-21-22-23-24-25-26-28-30-32-34-36-38-40-42-56-43-46(44-57-60(54,55)58-45-47(50)49(52)53)59-48(51)41-39-37-35-33-31-29-27-20-18-16-14-12-10-8-6-4-2/h14,16,20,27,46-47H,3-13,15,17-19,21-26,28-45,50H2,1-2H3,(H,52,53)(H,54,55)/b16-14-,27-20-. The van der Waals surface area contributed by atoms with Crippen LogP contribution in [0.15, 0.2) is 24.3 Å². The molecule has 60 heavy (non-hydrogen) atoms. The summed E-state index contributed by atoms with van der Waals surface area (Å²) in [7, 11) is -4.62. The minimum absolute atomic E-state index is 0.0158. The number of allylic oxidation sites excluding steroid dienone is 4. The first-order valence-corrected chi connectivity index (χ1v) is 26.4. The maximum atomic E-state index is 12.7. The second kappa shape index (κ2) is 45.5. The van der Waals surface area contributed by atoms with E-state index in [2.05, 4.69) is 38.2 Å². The molecule has 0 aliphatic heterocycles. The minimum atomic E-state index is -4.62. The number of carboxylic acid groups (broad SMARTS) is 1. The number of phosphoric ester groups is 1. The third kappa shape index (κ3) is 44.5. The number of esters is 1. The van der Waals surface area contributed by atoms with Crippen molar-refractivity contribution in [1.82, 2.24) is 0 Å². The summed E-state index contributed by atoms with van der Waals surface area (Å²) in [5, 5.41) is 8.92. The fourth-order valence-corrected chi connectivity index (χ4v) is 7.88. The predicted molar refractivity (Wildman–Crippen MR) is 249 cm³/mol. The van der Waals surface area contributed by atoms with Gasteiger partial charge in [0.05, 0.1) is 19.8 Å². The second-order valence-corrected chi connectivity index (χ2v) is 18.4. The van der Waals surface area contributed by atoms with Crippen LogP contribution in [-0.4, -0.2) is 60.5 Å². The molecule has 0 saturated heterocycles. The molecule has 0 aromatic rings. The van der Waals surface area contributed by atoms with E-state index in [1.165, 1.54) is 154 Å². The van der Waals surface area contributed by atoms with Crippen LogP contribution in [0.25, 0.3) is 0 Å². The summed E-state index contributed by atoms with van der Waals surface area (Å²) >= 11 is 0. The predicted octanol–water partition coefficient (Wildman–Crippen LogP) is 14.3. The summed E-state index contributed by atoms with van der Waals surface area (Å²) in [6.45, 7) is 3.89. The van der Waals surface area contributed by atoms with Crippen molar-refractivity contribution in [2.24, 2.45) is 5.73 Å². The van der Waals surface area contributed by atoms with Crippen molar-refractivity contribution in [2.45, 2.75) is 251 Å². The molecule has 354 valence electrons. The molecule has 0 heterocycles. The number of nitrogens with two attached hydrogens (primary N) is 1. The lowest BCUT2D eigenvalue weighted by molar-refractivity contribution is -0.154. The van der Waals surface area contributed by atoms with Crippen molar-refractivity contribution < 1.29 is 42.7 Å². The molecule has 0 radical (unpaired) electrons. The van der Waals surface area contributed by atoms with Gasteiger partial charge in [-0.25, -0.2) is 4.57 Å². The van der Waals surface area contributed by atoms with E-state index in [1.807, 2.05) is 0 Å². The Morgan fingerprint density at radius 2 is 0.917 bits per heavy atom. The van der Waals surface area contributed by atoms with Gasteiger partial charge in [0.15, 0.2) is 0 Å². The molecule has 3 atom stereocenters. The Morgan fingerprint density at radius 1 is 0.533 bits per heavy atom. The lowest BCUT2D eigenvalue weighted by Gasteiger charge is -2.20. The van der Waals surface area contributed by atoms with E-state index in [1.54, 1.807) is 0 Å². The first-order valence-electron chi connectivity index (χ1n) is 24.9. The zero-order chi connectivity index (χ0) is 44.0. The van der Waals surface area contributed by atoms with Gasteiger partial charge in [-0.05, 0) is 44.9 Å². The van der Waals surface area contributed by atoms with E-state index in [-0.39, 0.29) is 13.0 Å². The van der Waals surface area contributed by atoms with Crippen LogP contribution >= 0.6 is 7.82 Å². The molecule has 0 bridgehead atoms. The van der Waals surface area contributed by atoms with Crippen LogP contribution in [0.1, 0.15) is 239 Å². The van der Waals surface area contributed by atoms with E-state index in [0.29, 0.717) is 13.0 Å². The Hall–Kier alpha value is -1.55. The van der Waals surface area contributed by atoms with Crippen LogP contribution < -0.4 is 5.73 Å². The summed E-state index contributed by atoms with van der Waals surface area (Å²) in [5.74, 6) is -1.78. The van der Waals surface area contributed by atoms with Crippen LogP contribution in [0, 0.1) is 0 Å². The summed E-state index contributed by atoms with van der Waals surface area (Å²) in [6.07, 6.45) is 50.9. The average Bonchev–Trinajstić information content (AvgIpc) is 3.23. The van der Waals surface area contributed by atoms with Crippen molar-refractivity contribution in [1.29, 1.82) is 0 Å². The molecule has 11 heteroatoms. The number of aliphatic carboxylic acids is 1. The molecular weight excluding hydrogens is 778 g/mol. The van der Waals surface area contributed by atoms with Gasteiger partial charge in [-0.2, -0.15) is 0 Å². The molecule has 10 nitrogen and oxygen atoms in total. The number of carbonyl (C=O) groups excluding carboxylic acids is 1. The maximum absolute atomic E-state index is 12.7. The number of hydrogen-bond acceptors (Lipinski definition) is 8. The molecule has 3 unspecified atom stereocenters. The van der Waals surface area contributed by atoms with Crippen LogP contribution in [0.4, 0.5) is 0 Å². The quantitative estimate of drug-likeness (QED) is 0.0233. The molecule has 0 saturated carbocycles. The van der Waals surface area contributed by atoms with Crippen molar-refractivity contribution in [2.75, 3.05) is 26.4 Å². The Bertz CT molecular complexity index is 1060. The van der Waals surface area contributed by atoms with Gasteiger partial charge in [0.2, 0.25) is 0 Å². The van der Waals surface area contributed by atoms with Crippen molar-refractivity contribution in [3.05, 3.63) is 24.3 Å². The maximum Gasteiger partial charge on any atom is 0.472 e. The van der Waals surface area contributed by atoms with Crippen LogP contribution in [0.5, 0.6) is 0 Å². The van der Waals surface area contributed by atoms with Gasteiger partial charge in [0, 0.05) is 13.0 Å². The van der Waals surface area contributed by atoms with Gasteiger partial charge in [0.1, 0.15) is 12.1 Å². The number of carbonyl (C=O) groups is 2. The molecule has 0 aliphatic rings.